The Balaban J connectivity index is 0. The fraction of sp³-hybridized carbons (Fsp3) is 0.700. The molecule has 8 heteroatoms. The maximum atomic E-state index is 9.10. The van der Waals surface area contributed by atoms with Gasteiger partial charge in [0.05, 0.1) is 11.2 Å². The van der Waals surface area contributed by atoms with Crippen molar-refractivity contribution in [3.63, 3.8) is 0 Å². The van der Waals surface area contributed by atoms with E-state index in [1.165, 1.54) is 0 Å². The van der Waals surface area contributed by atoms with Gasteiger partial charge in [-0.25, -0.2) is 0 Å². The molecule has 0 spiro atoms. The predicted molar refractivity (Wildman–Crippen MR) is 68.2 cm³/mol. The van der Waals surface area contributed by atoms with Crippen LogP contribution in [0.25, 0.3) is 0 Å². The zero-order valence-corrected chi connectivity index (χ0v) is 11.4. The van der Waals surface area contributed by atoms with E-state index in [-0.39, 0.29) is 0 Å². The molecular formula is C10H23BN2O5. The molecule has 1 aromatic heterocycles. The second-order valence-electron chi connectivity index (χ2n) is 4.64. The van der Waals surface area contributed by atoms with Crippen LogP contribution in [-0.4, -0.2) is 53.6 Å². The molecule has 1 aromatic rings. The summed E-state index contributed by atoms with van der Waals surface area (Å²) in [6.45, 7) is 6.31. The van der Waals surface area contributed by atoms with Gasteiger partial charge >= 0.3 is 7.32 Å². The first kappa shape index (κ1) is 19.4. The minimum Gasteiger partial charge on any atom is -0.402 e. The molecule has 5 N–H and O–H groups in total. The van der Waals surface area contributed by atoms with Crippen LogP contribution in [0.3, 0.4) is 0 Å². The number of aryl methyl sites for hydroxylation is 1. The molecule has 0 amide bonds. The van der Waals surface area contributed by atoms with Crippen molar-refractivity contribution in [2.75, 3.05) is 0 Å². The van der Waals surface area contributed by atoms with E-state index < -0.39 is 18.5 Å². The van der Waals surface area contributed by atoms with Gasteiger partial charge in [0, 0.05) is 19.4 Å². The third-order valence-electron chi connectivity index (χ3n) is 2.13. The Bertz CT molecular complexity index is 275. The first-order chi connectivity index (χ1) is 7.88. The van der Waals surface area contributed by atoms with E-state index in [2.05, 4.69) is 5.10 Å². The maximum absolute atomic E-state index is 9.10. The molecule has 0 aliphatic heterocycles. The van der Waals surface area contributed by atoms with Gasteiger partial charge in [-0.05, 0) is 33.8 Å². The van der Waals surface area contributed by atoms with E-state index >= 15 is 0 Å². The van der Waals surface area contributed by atoms with E-state index in [0.717, 1.165) is 0 Å². The van der Waals surface area contributed by atoms with Crippen LogP contribution in [0.1, 0.15) is 27.7 Å². The van der Waals surface area contributed by atoms with Gasteiger partial charge in [-0.2, -0.15) is 5.10 Å². The average Bonchev–Trinajstić information content (AvgIpc) is 2.51. The molecule has 0 aromatic carbocycles. The Hall–Kier alpha value is -0.925. The lowest BCUT2D eigenvalue weighted by Gasteiger charge is -2.31. The molecule has 0 saturated heterocycles. The van der Waals surface area contributed by atoms with Gasteiger partial charge in [0.15, 0.2) is 0 Å². The molecule has 1 heterocycles. The van der Waals surface area contributed by atoms with Crippen molar-refractivity contribution >= 4 is 7.32 Å². The second-order valence-corrected chi connectivity index (χ2v) is 4.64. The Morgan fingerprint density at radius 2 is 1.33 bits per heavy atom. The number of nitrogens with zero attached hydrogens (tertiary/aromatic N) is 2. The quantitative estimate of drug-likeness (QED) is 0.410. The van der Waals surface area contributed by atoms with Crippen LogP contribution in [0.4, 0.5) is 0 Å². The summed E-state index contributed by atoms with van der Waals surface area (Å²) in [5, 5.41) is 43.5. The predicted octanol–water partition coefficient (Wildman–Crippen LogP) is -1.10. The first-order valence-corrected chi connectivity index (χ1v) is 5.30. The summed E-state index contributed by atoms with van der Waals surface area (Å²) in [6, 6.07) is 1.89. The van der Waals surface area contributed by atoms with Crippen LogP contribution < -0.4 is 0 Å². The lowest BCUT2D eigenvalue weighted by atomic mass is 9.90. The summed E-state index contributed by atoms with van der Waals surface area (Å²) in [6.07, 6.45) is 3.64. The van der Waals surface area contributed by atoms with Gasteiger partial charge in [-0.1, -0.05) is 0 Å². The highest BCUT2D eigenvalue weighted by atomic mass is 16.5. The van der Waals surface area contributed by atoms with E-state index in [1.54, 1.807) is 38.6 Å². The van der Waals surface area contributed by atoms with Crippen LogP contribution in [-0.2, 0) is 7.05 Å². The zero-order chi connectivity index (χ0) is 15.0. The van der Waals surface area contributed by atoms with Gasteiger partial charge in [0.2, 0.25) is 0 Å². The molecule has 1 rings (SSSR count). The second kappa shape index (κ2) is 8.22. The minimum absolute atomic E-state index is 1.01. The topological polar surface area (TPSA) is 119 Å². The third kappa shape index (κ3) is 13.1. The molecule has 0 atom stereocenters. The Labute approximate surface area is 108 Å². The fourth-order valence-electron chi connectivity index (χ4n) is 0.345. The van der Waals surface area contributed by atoms with Crippen molar-refractivity contribution in [1.82, 2.24) is 9.78 Å². The van der Waals surface area contributed by atoms with Crippen LogP contribution in [0.5, 0.6) is 0 Å². The van der Waals surface area contributed by atoms with Crippen molar-refractivity contribution in [3.05, 3.63) is 18.5 Å². The normalized spacial score (nSPS) is 10.8. The molecular weight excluding hydrogens is 239 g/mol. The average molecular weight is 262 g/mol. The lowest BCUT2D eigenvalue weighted by Crippen LogP contribution is -2.44. The van der Waals surface area contributed by atoms with Crippen molar-refractivity contribution in [2.45, 2.75) is 38.9 Å². The Morgan fingerprint density at radius 1 is 1.00 bits per heavy atom. The van der Waals surface area contributed by atoms with Crippen molar-refractivity contribution in [3.8, 4) is 0 Å². The van der Waals surface area contributed by atoms with Crippen LogP contribution >= 0.6 is 0 Å². The summed E-state index contributed by atoms with van der Waals surface area (Å²) in [4.78, 5) is 0. The van der Waals surface area contributed by atoms with Gasteiger partial charge in [0.25, 0.3) is 0 Å². The van der Waals surface area contributed by atoms with Gasteiger partial charge in [-0.15, -0.1) is 0 Å². The van der Waals surface area contributed by atoms with Crippen LogP contribution in [0.15, 0.2) is 18.5 Å². The summed E-state index contributed by atoms with van der Waals surface area (Å²) in [5.41, 5.74) is -2.01. The van der Waals surface area contributed by atoms with Crippen molar-refractivity contribution in [2.24, 2.45) is 7.05 Å². The number of hydrogen-bond acceptors (Lipinski definition) is 6. The highest BCUT2D eigenvalue weighted by Crippen LogP contribution is 2.19. The SMILES string of the molecule is CC(C)(O)C(C)(C)O.Cn1cccn1.OB(O)O. The van der Waals surface area contributed by atoms with Crippen molar-refractivity contribution in [1.29, 1.82) is 0 Å². The number of rotatable bonds is 1. The largest absolute Gasteiger partial charge is 0.631 e. The van der Waals surface area contributed by atoms with Gasteiger partial charge in [0.1, 0.15) is 0 Å². The molecule has 0 aliphatic rings. The zero-order valence-electron chi connectivity index (χ0n) is 11.4. The number of aromatic nitrogens is 2. The molecule has 0 radical (unpaired) electrons. The van der Waals surface area contributed by atoms with Gasteiger partial charge < -0.3 is 25.3 Å². The summed E-state index contributed by atoms with van der Waals surface area (Å²) in [5.74, 6) is 0. The maximum Gasteiger partial charge on any atom is 0.631 e. The smallest absolute Gasteiger partial charge is 0.402 e. The van der Waals surface area contributed by atoms with E-state index in [1.807, 2.05) is 19.3 Å². The van der Waals surface area contributed by atoms with Crippen molar-refractivity contribution < 1.29 is 25.3 Å². The molecule has 0 fully saturated rings. The van der Waals surface area contributed by atoms with Gasteiger partial charge in [-0.3, -0.25) is 4.68 Å². The summed E-state index contributed by atoms with van der Waals surface area (Å²) >= 11 is 0. The highest BCUT2D eigenvalue weighted by molar-refractivity contribution is 6.30. The van der Waals surface area contributed by atoms with Crippen LogP contribution in [0, 0.1) is 0 Å². The Morgan fingerprint density at radius 3 is 1.39 bits per heavy atom. The molecule has 106 valence electrons. The van der Waals surface area contributed by atoms with Crippen LogP contribution in [0.2, 0.25) is 0 Å². The third-order valence-corrected chi connectivity index (χ3v) is 2.13. The first-order valence-electron chi connectivity index (χ1n) is 5.30. The molecule has 0 unspecified atom stereocenters. The Kier molecular flexibility index (Phi) is 8.87. The fourth-order valence-corrected chi connectivity index (χ4v) is 0.345. The molecule has 18 heavy (non-hydrogen) atoms. The number of hydrogen-bond donors (Lipinski definition) is 5. The lowest BCUT2D eigenvalue weighted by molar-refractivity contribution is -0.107. The molecule has 0 saturated carbocycles. The summed E-state index contributed by atoms with van der Waals surface area (Å²) < 4.78 is 1.75. The number of aliphatic hydroxyl groups is 2. The standard InChI is InChI=1S/C6H14O2.C4H6N2.BH3O3/c1-5(2,7)6(3,4)8;1-6-4-2-3-5-6;2-1(3)4/h7-8H,1-4H3;2-4H,1H3;2-4H. The van der Waals surface area contributed by atoms with E-state index in [9.17, 15) is 0 Å². The van der Waals surface area contributed by atoms with E-state index in [0.29, 0.717) is 0 Å². The summed E-state index contributed by atoms with van der Waals surface area (Å²) in [7, 11) is -0.278. The minimum atomic E-state index is -2.17. The molecule has 7 nitrogen and oxygen atoms in total. The monoisotopic (exact) mass is 262 g/mol. The van der Waals surface area contributed by atoms with E-state index in [4.69, 9.17) is 25.3 Å². The highest BCUT2D eigenvalue weighted by Gasteiger charge is 2.31. The molecule has 0 aliphatic carbocycles. The molecule has 0 bridgehead atoms.